The highest BCUT2D eigenvalue weighted by atomic mass is 31.1. The molecule has 1 unspecified atom stereocenters. The van der Waals surface area contributed by atoms with Crippen LogP contribution in [0.1, 0.15) is 22.3 Å². The average Bonchev–Trinajstić information content (AvgIpc) is 2.61. The topological polar surface area (TPSA) is 32.6 Å². The highest BCUT2D eigenvalue weighted by Crippen LogP contribution is 2.22. The van der Waals surface area contributed by atoms with Gasteiger partial charge in [-0.05, 0) is 48.0 Å². The zero-order chi connectivity index (χ0) is 17.6. The van der Waals surface area contributed by atoms with Gasteiger partial charge in [-0.3, -0.25) is 4.99 Å². The fraction of sp³-hybridized carbons (Fsp3) is 0.136. The summed E-state index contributed by atoms with van der Waals surface area (Å²) >= 11 is 0. The van der Waals surface area contributed by atoms with Crippen LogP contribution >= 0.6 is 8.58 Å². The van der Waals surface area contributed by atoms with E-state index in [-0.39, 0.29) is 0 Å². The fourth-order valence-corrected chi connectivity index (χ4v) is 4.02. The van der Waals surface area contributed by atoms with Gasteiger partial charge in [-0.2, -0.15) is 0 Å². The lowest BCUT2D eigenvalue weighted by molar-refractivity contribution is 0.479. The van der Waals surface area contributed by atoms with Gasteiger partial charge in [0.2, 0.25) is 0 Å². The third kappa shape index (κ3) is 4.55. The van der Waals surface area contributed by atoms with Crippen LogP contribution in [0.2, 0.25) is 0 Å². The second-order valence-corrected chi connectivity index (χ2v) is 7.44. The third-order valence-electron chi connectivity index (χ3n) is 4.06. The molecule has 3 rings (SSSR count). The number of phenolic OH excluding ortho intramolecular Hbond substituents is 1. The number of benzene rings is 3. The summed E-state index contributed by atoms with van der Waals surface area (Å²) < 4.78 is 0. The fourth-order valence-electron chi connectivity index (χ4n) is 2.81. The first-order valence-corrected chi connectivity index (χ1v) is 9.31. The molecule has 3 heteroatoms. The zero-order valence-corrected chi connectivity index (χ0v) is 15.5. The molecule has 0 bridgehead atoms. The van der Waals surface area contributed by atoms with Crippen LogP contribution in [0.15, 0.2) is 71.7 Å². The van der Waals surface area contributed by atoms with Crippen LogP contribution in [-0.2, 0) is 6.42 Å². The van der Waals surface area contributed by atoms with Gasteiger partial charge in [0.25, 0.3) is 0 Å². The number of nitrogens with zero attached hydrogens (tertiary/aromatic N) is 1. The second kappa shape index (κ2) is 8.09. The maximum absolute atomic E-state index is 10.3. The summed E-state index contributed by atoms with van der Waals surface area (Å²) in [6, 6.07) is 22.7. The van der Waals surface area contributed by atoms with Crippen LogP contribution in [0.4, 0.5) is 0 Å². The Kier molecular flexibility index (Phi) is 5.63. The Balaban J connectivity index is 1.89. The number of hydrogen-bond donors (Lipinski definition) is 1. The lowest BCUT2D eigenvalue weighted by Gasteiger charge is -2.11. The van der Waals surface area contributed by atoms with E-state index in [4.69, 9.17) is 0 Å². The Hall–Kier alpha value is -2.44. The van der Waals surface area contributed by atoms with E-state index in [1.54, 1.807) is 7.05 Å². The molecule has 0 aliphatic rings. The van der Waals surface area contributed by atoms with Gasteiger partial charge in [-0.1, -0.05) is 62.7 Å². The van der Waals surface area contributed by atoms with E-state index in [0.29, 0.717) is 14.3 Å². The molecule has 0 radical (unpaired) electrons. The monoisotopic (exact) mass is 347 g/mol. The van der Waals surface area contributed by atoms with Crippen molar-refractivity contribution < 1.29 is 5.11 Å². The van der Waals surface area contributed by atoms with Gasteiger partial charge in [0.05, 0.1) is 0 Å². The van der Waals surface area contributed by atoms with Crippen molar-refractivity contribution in [2.75, 3.05) is 7.05 Å². The Morgan fingerprint density at radius 1 is 0.920 bits per heavy atom. The minimum Gasteiger partial charge on any atom is -0.507 e. The van der Waals surface area contributed by atoms with Crippen molar-refractivity contribution in [2.45, 2.75) is 13.3 Å². The molecule has 2 nitrogen and oxygen atoms in total. The van der Waals surface area contributed by atoms with Gasteiger partial charge in [0, 0.05) is 24.1 Å². The van der Waals surface area contributed by atoms with Crippen molar-refractivity contribution in [1.29, 1.82) is 0 Å². The molecule has 0 aliphatic heterocycles. The summed E-state index contributed by atoms with van der Waals surface area (Å²) in [4.78, 5) is 4.16. The molecule has 1 atom stereocenters. The molecule has 0 aromatic heterocycles. The van der Waals surface area contributed by atoms with Crippen LogP contribution in [0.3, 0.4) is 0 Å². The largest absolute Gasteiger partial charge is 0.507 e. The van der Waals surface area contributed by atoms with E-state index in [0.717, 1.165) is 17.3 Å². The molecule has 0 saturated heterocycles. The number of aryl methyl sites for hydroxylation is 1. The van der Waals surface area contributed by atoms with Gasteiger partial charge < -0.3 is 5.11 Å². The lowest BCUT2D eigenvalue weighted by atomic mass is 10.1. The molecule has 0 aliphatic carbocycles. The first-order chi connectivity index (χ1) is 12.2. The quantitative estimate of drug-likeness (QED) is 0.550. The first-order valence-electron chi connectivity index (χ1n) is 8.31. The molecule has 1 N–H and O–H groups in total. The molecule has 0 heterocycles. The van der Waals surface area contributed by atoms with Crippen molar-refractivity contribution in [3.63, 3.8) is 0 Å². The van der Waals surface area contributed by atoms with E-state index in [1.165, 1.54) is 22.0 Å². The van der Waals surface area contributed by atoms with Crippen LogP contribution in [-0.4, -0.2) is 18.4 Å². The maximum Gasteiger partial charge on any atom is 0.123 e. The summed E-state index contributed by atoms with van der Waals surface area (Å²) in [5.74, 6) is 0.357. The number of hydrogen-bond acceptors (Lipinski definition) is 2. The molecule has 25 heavy (non-hydrogen) atoms. The van der Waals surface area contributed by atoms with Crippen molar-refractivity contribution in [2.24, 2.45) is 4.99 Å². The van der Waals surface area contributed by atoms with E-state index >= 15 is 0 Å². The summed E-state index contributed by atoms with van der Waals surface area (Å²) in [5.41, 5.74) is 4.82. The third-order valence-corrected chi connectivity index (χ3v) is 5.45. The van der Waals surface area contributed by atoms with Gasteiger partial charge in [-0.15, -0.1) is 0 Å². The summed E-state index contributed by atoms with van der Waals surface area (Å²) in [6.45, 7) is 2.08. The summed E-state index contributed by atoms with van der Waals surface area (Å²) in [6.07, 6.45) is 2.76. The Bertz CT molecular complexity index is 888. The lowest BCUT2D eigenvalue weighted by Crippen LogP contribution is -2.10. The van der Waals surface area contributed by atoms with Crippen LogP contribution < -0.4 is 10.6 Å². The van der Waals surface area contributed by atoms with Gasteiger partial charge in [0.1, 0.15) is 5.75 Å². The van der Waals surface area contributed by atoms with Gasteiger partial charge in [0.15, 0.2) is 0 Å². The van der Waals surface area contributed by atoms with E-state index < -0.39 is 0 Å². The molecule has 0 spiro atoms. The average molecular weight is 347 g/mol. The van der Waals surface area contributed by atoms with Crippen LogP contribution in [0.5, 0.6) is 5.75 Å². The highest BCUT2D eigenvalue weighted by molar-refractivity contribution is 7.56. The van der Waals surface area contributed by atoms with E-state index in [1.807, 2.05) is 24.4 Å². The van der Waals surface area contributed by atoms with Crippen LogP contribution in [0, 0.1) is 6.92 Å². The summed E-state index contributed by atoms with van der Waals surface area (Å²) in [5, 5.41) is 12.5. The van der Waals surface area contributed by atoms with E-state index in [9.17, 15) is 5.11 Å². The van der Waals surface area contributed by atoms with Crippen molar-refractivity contribution in [1.82, 2.24) is 0 Å². The number of rotatable bonds is 5. The minimum absolute atomic E-state index is 0.357. The maximum atomic E-state index is 10.3. The second-order valence-electron chi connectivity index (χ2n) is 6.12. The smallest absolute Gasteiger partial charge is 0.123 e. The Morgan fingerprint density at radius 2 is 1.72 bits per heavy atom. The normalized spacial score (nSPS) is 11.6. The molecule has 0 fully saturated rings. The molecule has 126 valence electrons. The molecular formula is C22H22NOP. The van der Waals surface area contributed by atoms with Crippen molar-refractivity contribution in [3.8, 4) is 5.75 Å². The molecular weight excluding hydrogens is 325 g/mol. The highest BCUT2D eigenvalue weighted by Gasteiger charge is 2.08. The van der Waals surface area contributed by atoms with Gasteiger partial charge in [-0.25, -0.2) is 0 Å². The van der Waals surface area contributed by atoms with Crippen LogP contribution in [0.25, 0.3) is 0 Å². The Labute approximate surface area is 151 Å². The SMILES string of the molecule is CN=Cc1cc(C)ccc1Pc1cc(Cc2ccccc2)ccc1O. The molecule has 0 saturated carbocycles. The first kappa shape index (κ1) is 17.4. The minimum atomic E-state index is 0.357. The zero-order valence-electron chi connectivity index (χ0n) is 14.5. The predicted molar refractivity (Wildman–Crippen MR) is 110 cm³/mol. The van der Waals surface area contributed by atoms with E-state index in [2.05, 4.69) is 60.4 Å². The Morgan fingerprint density at radius 3 is 2.48 bits per heavy atom. The number of aromatic hydroxyl groups is 1. The predicted octanol–water partition coefficient (Wildman–Crippen LogP) is 3.97. The molecule has 3 aromatic carbocycles. The van der Waals surface area contributed by atoms with Crippen molar-refractivity contribution in [3.05, 3.63) is 89.0 Å². The standard InChI is InChI=1S/C22H22NOP/c1-16-8-11-21(19(12-16)15-23-2)25-22-14-18(9-10-20(22)24)13-17-6-4-3-5-7-17/h3-12,14-15,24-25H,13H2,1-2H3. The number of aliphatic imine (C=N–C) groups is 1. The number of phenols is 1. The van der Waals surface area contributed by atoms with Crippen molar-refractivity contribution >= 4 is 25.4 Å². The molecule has 0 amide bonds. The van der Waals surface area contributed by atoms with Gasteiger partial charge >= 0.3 is 0 Å². The summed E-state index contributed by atoms with van der Waals surface area (Å²) in [7, 11) is 2.18. The molecule has 3 aromatic rings.